The normalized spacial score (nSPS) is 21.6. The molecule has 20 heavy (non-hydrogen) atoms. The summed E-state index contributed by atoms with van der Waals surface area (Å²) in [5.41, 5.74) is 1.76. The van der Waals surface area contributed by atoms with Gasteiger partial charge in [0.15, 0.2) is 5.78 Å². The molecule has 1 aliphatic heterocycles. The monoisotopic (exact) mass is 291 g/mol. The Bertz CT molecular complexity index is 558. The molecule has 3 nitrogen and oxygen atoms in total. The summed E-state index contributed by atoms with van der Waals surface area (Å²) in [5.74, 6) is 0.0484. The zero-order valence-electron chi connectivity index (χ0n) is 12.4. The van der Waals surface area contributed by atoms with E-state index in [1.807, 2.05) is 61.5 Å². The topological polar surface area (TPSA) is 37.4 Å². The average Bonchev–Trinajstić information content (AvgIpc) is 2.82. The molecule has 2 rings (SSSR count). The maximum atomic E-state index is 12.7. The summed E-state index contributed by atoms with van der Waals surface area (Å²) in [6.07, 6.45) is 1.91. The van der Waals surface area contributed by atoms with E-state index in [0.717, 1.165) is 11.1 Å². The van der Waals surface area contributed by atoms with E-state index in [-0.39, 0.29) is 16.6 Å². The van der Waals surface area contributed by atoms with Crippen LogP contribution in [0.15, 0.2) is 42.0 Å². The van der Waals surface area contributed by atoms with Crippen molar-refractivity contribution in [2.24, 2.45) is 0 Å². The minimum atomic E-state index is -1.15. The van der Waals surface area contributed by atoms with Crippen molar-refractivity contribution in [3.05, 3.63) is 47.5 Å². The van der Waals surface area contributed by atoms with E-state index >= 15 is 0 Å². The van der Waals surface area contributed by atoms with Gasteiger partial charge >= 0.3 is 0 Å². The first-order valence-corrected chi connectivity index (χ1v) is 7.87. The van der Waals surface area contributed by atoms with Gasteiger partial charge in [0.05, 0.1) is 10.8 Å². The molecule has 0 aromatic heterocycles. The maximum Gasteiger partial charge on any atom is 0.157 e. The molecule has 0 bridgehead atoms. The summed E-state index contributed by atoms with van der Waals surface area (Å²) in [6, 6.07) is 9.61. The highest BCUT2D eigenvalue weighted by Crippen LogP contribution is 2.37. The van der Waals surface area contributed by atoms with Crippen molar-refractivity contribution in [1.82, 2.24) is 4.31 Å². The van der Waals surface area contributed by atoms with Crippen molar-refractivity contribution >= 4 is 16.8 Å². The number of nitrogens with zero attached hydrogens (tertiary/aromatic N) is 1. The van der Waals surface area contributed by atoms with Crippen LogP contribution in [0.5, 0.6) is 0 Å². The second-order valence-corrected chi connectivity index (χ2v) is 8.18. The van der Waals surface area contributed by atoms with E-state index in [4.69, 9.17) is 0 Å². The predicted molar refractivity (Wildman–Crippen MR) is 82.5 cm³/mol. The van der Waals surface area contributed by atoms with E-state index in [2.05, 4.69) is 0 Å². The quantitative estimate of drug-likeness (QED) is 0.858. The fourth-order valence-corrected chi connectivity index (χ4v) is 3.73. The van der Waals surface area contributed by atoms with Crippen LogP contribution in [-0.2, 0) is 15.8 Å². The number of Topliss-reactive ketones (excluding diaryl/α,β-unsaturated/α-hetero) is 1. The SMILES string of the molecule is CC(=O)C1=CCN([S@@](=O)C(C)(C)C)[C@@H]1c1ccccc1. The number of carbonyl (C=O) groups is 1. The van der Waals surface area contributed by atoms with Crippen molar-refractivity contribution in [3.63, 3.8) is 0 Å². The molecular weight excluding hydrogens is 270 g/mol. The number of benzene rings is 1. The summed E-state index contributed by atoms with van der Waals surface area (Å²) in [4.78, 5) is 11.9. The molecule has 0 fully saturated rings. The van der Waals surface area contributed by atoms with E-state index in [1.165, 1.54) is 0 Å². The molecule has 108 valence electrons. The highest BCUT2D eigenvalue weighted by molar-refractivity contribution is 7.84. The van der Waals surface area contributed by atoms with Crippen LogP contribution in [0, 0.1) is 0 Å². The van der Waals surface area contributed by atoms with Gasteiger partial charge in [-0.3, -0.25) is 4.79 Å². The summed E-state index contributed by atoms with van der Waals surface area (Å²) in [5, 5.41) is 0. The van der Waals surface area contributed by atoms with Crippen LogP contribution in [0.4, 0.5) is 0 Å². The molecule has 0 saturated heterocycles. The summed E-state index contributed by atoms with van der Waals surface area (Å²) in [7, 11) is -1.15. The molecule has 4 heteroatoms. The molecule has 0 aliphatic carbocycles. The Balaban J connectivity index is 2.41. The van der Waals surface area contributed by atoms with E-state index in [9.17, 15) is 9.00 Å². The van der Waals surface area contributed by atoms with Crippen LogP contribution in [0.25, 0.3) is 0 Å². The van der Waals surface area contributed by atoms with Gasteiger partial charge in [0.2, 0.25) is 0 Å². The number of hydrogen-bond acceptors (Lipinski definition) is 2. The molecule has 1 aromatic carbocycles. The van der Waals surface area contributed by atoms with Crippen LogP contribution in [-0.4, -0.2) is 25.6 Å². The van der Waals surface area contributed by atoms with Gasteiger partial charge in [-0.2, -0.15) is 0 Å². The van der Waals surface area contributed by atoms with Crippen LogP contribution in [0.3, 0.4) is 0 Å². The van der Waals surface area contributed by atoms with Crippen molar-refractivity contribution < 1.29 is 9.00 Å². The Morgan fingerprint density at radius 1 is 1.25 bits per heavy atom. The standard InChI is InChI=1S/C16H21NO2S/c1-12(18)14-10-11-17(20(19)16(2,3)4)15(14)13-8-6-5-7-9-13/h5-10,15H,11H2,1-4H3/t15-,20+/m1/s1. The second-order valence-electron chi connectivity index (χ2n) is 5.99. The van der Waals surface area contributed by atoms with Gasteiger partial charge in [-0.1, -0.05) is 36.4 Å². The molecule has 0 saturated carbocycles. The van der Waals surface area contributed by atoms with E-state index < -0.39 is 11.0 Å². The van der Waals surface area contributed by atoms with Crippen molar-refractivity contribution in [3.8, 4) is 0 Å². The van der Waals surface area contributed by atoms with Gasteiger partial charge < -0.3 is 0 Å². The number of carbonyl (C=O) groups excluding carboxylic acids is 1. The Labute approximate surface area is 123 Å². The summed E-state index contributed by atoms with van der Waals surface area (Å²) >= 11 is 0. The molecule has 0 unspecified atom stereocenters. The van der Waals surface area contributed by atoms with Crippen LogP contribution >= 0.6 is 0 Å². The van der Waals surface area contributed by atoms with Crippen molar-refractivity contribution in [2.45, 2.75) is 38.5 Å². The number of rotatable bonds is 3. The molecule has 1 aromatic rings. The second kappa shape index (κ2) is 5.62. The molecule has 0 spiro atoms. The minimum absolute atomic E-state index is 0.0484. The smallest absolute Gasteiger partial charge is 0.157 e. The zero-order chi connectivity index (χ0) is 14.9. The highest BCUT2D eigenvalue weighted by atomic mass is 32.2. The average molecular weight is 291 g/mol. The van der Waals surface area contributed by atoms with Gasteiger partial charge in [-0.05, 0) is 33.3 Å². The maximum absolute atomic E-state index is 12.7. The first-order chi connectivity index (χ1) is 9.32. The van der Waals surface area contributed by atoms with E-state index in [0.29, 0.717) is 6.54 Å². The highest BCUT2D eigenvalue weighted by Gasteiger charge is 2.38. The third-order valence-corrected chi connectivity index (χ3v) is 5.17. The van der Waals surface area contributed by atoms with Crippen LogP contribution in [0.1, 0.15) is 39.3 Å². The third kappa shape index (κ3) is 2.91. The number of hydrogen-bond donors (Lipinski definition) is 0. The minimum Gasteiger partial charge on any atom is -0.295 e. The lowest BCUT2D eigenvalue weighted by molar-refractivity contribution is -0.113. The van der Waals surface area contributed by atoms with E-state index in [1.54, 1.807) is 6.92 Å². The van der Waals surface area contributed by atoms with Gasteiger partial charge in [-0.25, -0.2) is 8.51 Å². The van der Waals surface area contributed by atoms with Crippen molar-refractivity contribution in [2.75, 3.05) is 6.54 Å². The van der Waals surface area contributed by atoms with Gasteiger partial charge in [0.25, 0.3) is 0 Å². The molecule has 0 amide bonds. The largest absolute Gasteiger partial charge is 0.295 e. The molecule has 0 N–H and O–H groups in total. The van der Waals surface area contributed by atoms with Crippen molar-refractivity contribution in [1.29, 1.82) is 0 Å². The first kappa shape index (κ1) is 15.1. The lowest BCUT2D eigenvalue weighted by Gasteiger charge is -2.31. The fraction of sp³-hybridized carbons (Fsp3) is 0.438. The van der Waals surface area contributed by atoms with Gasteiger partial charge in [-0.15, -0.1) is 0 Å². The zero-order valence-corrected chi connectivity index (χ0v) is 13.2. The number of ketones is 1. The first-order valence-electron chi connectivity index (χ1n) is 6.77. The van der Waals surface area contributed by atoms with Gasteiger partial charge in [0, 0.05) is 12.1 Å². The Hall–Kier alpha value is -1.26. The Morgan fingerprint density at radius 3 is 2.35 bits per heavy atom. The Kier molecular flexibility index (Phi) is 4.25. The van der Waals surface area contributed by atoms with Crippen LogP contribution in [0.2, 0.25) is 0 Å². The summed E-state index contributed by atoms with van der Waals surface area (Å²) < 4.78 is 14.3. The molecule has 1 heterocycles. The molecular formula is C16H21NO2S. The lowest BCUT2D eigenvalue weighted by atomic mass is 9.98. The molecule has 0 radical (unpaired) electrons. The van der Waals surface area contributed by atoms with Gasteiger partial charge in [0.1, 0.15) is 11.0 Å². The molecule has 2 atom stereocenters. The lowest BCUT2D eigenvalue weighted by Crippen LogP contribution is -2.38. The predicted octanol–water partition coefficient (Wildman–Crippen LogP) is 3.02. The Morgan fingerprint density at radius 2 is 1.85 bits per heavy atom. The molecule has 1 aliphatic rings. The summed E-state index contributed by atoms with van der Waals surface area (Å²) in [6.45, 7) is 7.99. The van der Waals surface area contributed by atoms with Crippen LogP contribution < -0.4 is 0 Å². The fourth-order valence-electron chi connectivity index (χ4n) is 2.39. The third-order valence-electron chi connectivity index (χ3n) is 3.33.